The summed E-state index contributed by atoms with van der Waals surface area (Å²) in [5.41, 5.74) is 2.62. The molecular formula is C25H32N6. The Morgan fingerprint density at radius 2 is 1.71 bits per heavy atom. The molecule has 3 aromatic rings. The maximum atomic E-state index is 4.53. The zero-order valence-electron chi connectivity index (χ0n) is 18.2. The number of benzene rings is 2. The van der Waals surface area contributed by atoms with E-state index < -0.39 is 0 Å². The summed E-state index contributed by atoms with van der Waals surface area (Å²) in [7, 11) is 1.82. The minimum absolute atomic E-state index is 0.349. The van der Waals surface area contributed by atoms with E-state index in [1.165, 1.54) is 24.0 Å². The Morgan fingerprint density at radius 3 is 2.42 bits per heavy atom. The Kier molecular flexibility index (Phi) is 7.34. The topological polar surface area (TPSA) is 57.5 Å². The van der Waals surface area contributed by atoms with Crippen molar-refractivity contribution >= 4 is 5.96 Å². The first-order valence-corrected chi connectivity index (χ1v) is 11.1. The van der Waals surface area contributed by atoms with Crippen molar-refractivity contribution in [3.8, 4) is 0 Å². The highest BCUT2D eigenvalue weighted by Crippen LogP contribution is 2.24. The molecule has 6 heteroatoms. The predicted molar refractivity (Wildman–Crippen MR) is 126 cm³/mol. The minimum Gasteiger partial charge on any atom is -0.354 e. The SMILES string of the molecule is CN=C(NCc1nccn1Cc1ccccc1)NCC(c1ccccc1)N1CCCC1. The van der Waals surface area contributed by atoms with Crippen LogP contribution in [0.2, 0.25) is 0 Å². The second-order valence-corrected chi connectivity index (χ2v) is 7.93. The minimum atomic E-state index is 0.349. The van der Waals surface area contributed by atoms with Gasteiger partial charge in [-0.1, -0.05) is 60.7 Å². The van der Waals surface area contributed by atoms with E-state index in [2.05, 4.69) is 84.7 Å². The van der Waals surface area contributed by atoms with Crippen molar-refractivity contribution in [2.24, 2.45) is 4.99 Å². The summed E-state index contributed by atoms with van der Waals surface area (Å²) in [6.07, 6.45) is 6.44. The van der Waals surface area contributed by atoms with Gasteiger partial charge < -0.3 is 15.2 Å². The van der Waals surface area contributed by atoms with Gasteiger partial charge in [0.25, 0.3) is 0 Å². The number of nitrogens with zero attached hydrogens (tertiary/aromatic N) is 4. The quantitative estimate of drug-likeness (QED) is 0.436. The lowest BCUT2D eigenvalue weighted by atomic mass is 10.1. The van der Waals surface area contributed by atoms with Crippen molar-refractivity contribution in [2.75, 3.05) is 26.7 Å². The Balaban J connectivity index is 1.35. The fraction of sp³-hybridized carbons (Fsp3) is 0.360. The molecule has 31 heavy (non-hydrogen) atoms. The summed E-state index contributed by atoms with van der Waals surface area (Å²) in [5, 5.41) is 6.97. The molecule has 0 aliphatic carbocycles. The third-order valence-corrected chi connectivity index (χ3v) is 5.86. The average Bonchev–Trinajstić information content (AvgIpc) is 3.50. The Labute approximate surface area is 185 Å². The molecule has 1 fully saturated rings. The molecular weight excluding hydrogens is 384 g/mol. The molecule has 2 N–H and O–H groups in total. The molecule has 1 unspecified atom stereocenters. The van der Waals surface area contributed by atoms with Crippen LogP contribution in [0.4, 0.5) is 0 Å². The van der Waals surface area contributed by atoms with Gasteiger partial charge in [0.2, 0.25) is 0 Å². The number of guanidine groups is 1. The first-order chi connectivity index (χ1) is 15.3. The Bertz CT molecular complexity index is 944. The molecule has 1 aliphatic heterocycles. The van der Waals surface area contributed by atoms with Crippen LogP contribution in [0, 0.1) is 0 Å². The van der Waals surface area contributed by atoms with E-state index in [1.54, 1.807) is 0 Å². The molecule has 1 aliphatic rings. The van der Waals surface area contributed by atoms with Gasteiger partial charge in [-0.25, -0.2) is 4.98 Å². The second kappa shape index (κ2) is 10.8. The summed E-state index contributed by atoms with van der Waals surface area (Å²) in [5.74, 6) is 1.79. The standard InChI is InChI=1S/C25H32N6/c1-26-25(28-18-23(30-15-8-9-16-30)22-12-6-3-7-13-22)29-19-24-27-14-17-31(24)20-21-10-4-2-5-11-21/h2-7,10-14,17,23H,8-9,15-16,18-20H2,1H3,(H2,26,28,29). The third kappa shape index (κ3) is 5.73. The van der Waals surface area contributed by atoms with E-state index in [0.717, 1.165) is 38.0 Å². The highest BCUT2D eigenvalue weighted by molar-refractivity contribution is 5.79. The van der Waals surface area contributed by atoms with Crippen molar-refractivity contribution in [1.29, 1.82) is 0 Å². The monoisotopic (exact) mass is 416 g/mol. The fourth-order valence-corrected chi connectivity index (χ4v) is 4.19. The zero-order valence-corrected chi connectivity index (χ0v) is 18.2. The highest BCUT2D eigenvalue weighted by Gasteiger charge is 2.23. The maximum absolute atomic E-state index is 4.53. The van der Waals surface area contributed by atoms with Crippen LogP contribution in [0.3, 0.4) is 0 Å². The summed E-state index contributed by atoms with van der Waals surface area (Å²) >= 11 is 0. The van der Waals surface area contributed by atoms with Crippen molar-refractivity contribution in [1.82, 2.24) is 25.1 Å². The first kappa shape index (κ1) is 21.1. The average molecular weight is 417 g/mol. The fourth-order valence-electron chi connectivity index (χ4n) is 4.19. The maximum Gasteiger partial charge on any atom is 0.191 e. The van der Waals surface area contributed by atoms with Crippen molar-refractivity contribution in [2.45, 2.75) is 32.0 Å². The van der Waals surface area contributed by atoms with Crippen LogP contribution in [0.1, 0.15) is 35.8 Å². The zero-order chi connectivity index (χ0) is 21.3. The van der Waals surface area contributed by atoms with Gasteiger partial charge in [0.1, 0.15) is 5.82 Å². The van der Waals surface area contributed by atoms with E-state index in [4.69, 9.17) is 0 Å². The first-order valence-electron chi connectivity index (χ1n) is 11.1. The highest BCUT2D eigenvalue weighted by atomic mass is 15.2. The molecule has 0 radical (unpaired) electrons. The van der Waals surface area contributed by atoms with Gasteiger partial charge in [-0.2, -0.15) is 0 Å². The molecule has 1 atom stereocenters. The molecule has 1 aromatic heterocycles. The smallest absolute Gasteiger partial charge is 0.191 e. The van der Waals surface area contributed by atoms with Gasteiger partial charge in [0, 0.05) is 32.5 Å². The van der Waals surface area contributed by atoms with Crippen LogP contribution in [0.5, 0.6) is 0 Å². The molecule has 162 valence electrons. The van der Waals surface area contributed by atoms with Gasteiger partial charge in [0.05, 0.1) is 12.6 Å². The molecule has 1 saturated heterocycles. The second-order valence-electron chi connectivity index (χ2n) is 7.93. The summed E-state index contributed by atoms with van der Waals surface area (Å²) in [6.45, 7) is 4.57. The predicted octanol–water partition coefficient (Wildman–Crippen LogP) is 3.43. The van der Waals surface area contributed by atoms with E-state index in [0.29, 0.717) is 12.6 Å². The molecule has 2 aromatic carbocycles. The molecule has 0 saturated carbocycles. The lowest BCUT2D eigenvalue weighted by molar-refractivity contribution is 0.245. The summed E-state index contributed by atoms with van der Waals surface area (Å²) in [6, 6.07) is 21.6. The van der Waals surface area contributed by atoms with Gasteiger partial charge in [0.15, 0.2) is 5.96 Å². The summed E-state index contributed by atoms with van der Waals surface area (Å²) < 4.78 is 2.17. The van der Waals surface area contributed by atoms with Crippen molar-refractivity contribution < 1.29 is 0 Å². The molecule has 4 rings (SSSR count). The number of aromatic nitrogens is 2. The molecule has 2 heterocycles. The lowest BCUT2D eigenvalue weighted by Crippen LogP contribution is -2.42. The largest absolute Gasteiger partial charge is 0.354 e. The van der Waals surface area contributed by atoms with E-state index in [-0.39, 0.29) is 0 Å². The number of likely N-dealkylation sites (tertiary alicyclic amines) is 1. The number of nitrogens with one attached hydrogen (secondary N) is 2. The van der Waals surface area contributed by atoms with Crippen LogP contribution < -0.4 is 10.6 Å². The van der Waals surface area contributed by atoms with E-state index >= 15 is 0 Å². The van der Waals surface area contributed by atoms with Gasteiger partial charge in [-0.15, -0.1) is 0 Å². The lowest BCUT2D eigenvalue weighted by Gasteiger charge is -2.29. The number of aliphatic imine (C=N–C) groups is 1. The van der Waals surface area contributed by atoms with Crippen LogP contribution in [-0.4, -0.2) is 47.1 Å². The normalized spacial score (nSPS) is 15.7. The van der Waals surface area contributed by atoms with Crippen LogP contribution in [-0.2, 0) is 13.1 Å². The summed E-state index contributed by atoms with van der Waals surface area (Å²) in [4.78, 5) is 11.5. The Morgan fingerprint density at radius 1 is 1.00 bits per heavy atom. The van der Waals surface area contributed by atoms with Gasteiger partial charge in [-0.05, 0) is 37.1 Å². The third-order valence-electron chi connectivity index (χ3n) is 5.86. The number of hydrogen-bond donors (Lipinski definition) is 2. The van der Waals surface area contributed by atoms with Crippen molar-refractivity contribution in [3.05, 3.63) is 90.0 Å². The van der Waals surface area contributed by atoms with Crippen molar-refractivity contribution in [3.63, 3.8) is 0 Å². The van der Waals surface area contributed by atoms with Gasteiger partial charge in [-0.3, -0.25) is 9.89 Å². The number of imidazole rings is 1. The molecule has 0 amide bonds. The molecule has 0 bridgehead atoms. The Hall–Kier alpha value is -3.12. The number of hydrogen-bond acceptors (Lipinski definition) is 3. The van der Waals surface area contributed by atoms with E-state index in [9.17, 15) is 0 Å². The van der Waals surface area contributed by atoms with E-state index in [1.807, 2.05) is 25.5 Å². The molecule has 6 nitrogen and oxygen atoms in total. The molecule has 0 spiro atoms. The van der Waals surface area contributed by atoms with Crippen LogP contribution >= 0.6 is 0 Å². The number of rotatable bonds is 8. The van der Waals surface area contributed by atoms with Crippen LogP contribution in [0.25, 0.3) is 0 Å². The van der Waals surface area contributed by atoms with Crippen LogP contribution in [0.15, 0.2) is 78.0 Å². The van der Waals surface area contributed by atoms with Gasteiger partial charge >= 0.3 is 0 Å².